The van der Waals surface area contributed by atoms with Crippen LogP contribution in [0.5, 0.6) is 5.75 Å². The summed E-state index contributed by atoms with van der Waals surface area (Å²) < 4.78 is 42.4. The van der Waals surface area contributed by atoms with E-state index in [0.29, 0.717) is 6.07 Å². The van der Waals surface area contributed by atoms with Crippen molar-refractivity contribution in [2.45, 2.75) is 6.18 Å². The first-order chi connectivity index (χ1) is 7.81. The molecule has 0 aliphatic rings. The fourth-order valence-corrected chi connectivity index (χ4v) is 1.29. The minimum atomic E-state index is -4.87. The van der Waals surface area contributed by atoms with Gasteiger partial charge in [0.1, 0.15) is 11.3 Å². The van der Waals surface area contributed by atoms with E-state index in [1.165, 1.54) is 6.07 Å². The van der Waals surface area contributed by atoms with Gasteiger partial charge in [-0.3, -0.25) is 0 Å². The number of ether oxygens (including phenoxy) is 1. The van der Waals surface area contributed by atoms with Crippen LogP contribution in [0.4, 0.5) is 13.2 Å². The topological polar surface area (TPSA) is 70.3 Å². The van der Waals surface area contributed by atoms with Crippen molar-refractivity contribution >= 4 is 5.97 Å². The van der Waals surface area contributed by atoms with E-state index < -0.39 is 29.0 Å². The van der Waals surface area contributed by atoms with Gasteiger partial charge in [0.15, 0.2) is 0 Å². The van der Waals surface area contributed by atoms with E-state index in [1.54, 1.807) is 0 Å². The Kier molecular flexibility index (Phi) is 3.27. The fourth-order valence-electron chi connectivity index (χ4n) is 1.29. The molecule has 0 unspecified atom stereocenters. The van der Waals surface area contributed by atoms with Crippen molar-refractivity contribution in [3.05, 3.63) is 28.8 Å². The highest BCUT2D eigenvalue weighted by Crippen LogP contribution is 2.37. The summed E-state index contributed by atoms with van der Waals surface area (Å²) in [4.78, 5) is 10.8. The molecule has 0 spiro atoms. The molecule has 1 rings (SSSR count). The molecule has 0 heterocycles. The number of alkyl halides is 3. The number of hydrogen-bond donors (Lipinski definition) is 1. The standard InChI is InChI=1S/C10H6F3NO3/c1-17-7-3-5(4-14)2-6(10(11,12)13)8(7)9(15)16/h2-3H,1H3,(H,15,16). The van der Waals surface area contributed by atoms with Crippen LogP contribution in [0.15, 0.2) is 12.1 Å². The SMILES string of the molecule is COc1cc(C#N)cc(C(F)(F)F)c1C(=O)O. The minimum Gasteiger partial charge on any atom is -0.496 e. The Hall–Kier alpha value is -2.23. The van der Waals surface area contributed by atoms with Crippen molar-refractivity contribution in [3.8, 4) is 11.8 Å². The van der Waals surface area contributed by atoms with Crippen LogP contribution in [0.25, 0.3) is 0 Å². The van der Waals surface area contributed by atoms with Gasteiger partial charge in [-0.05, 0) is 12.1 Å². The molecule has 0 saturated heterocycles. The Morgan fingerprint density at radius 2 is 2.06 bits per heavy atom. The number of nitriles is 1. The van der Waals surface area contributed by atoms with Crippen LogP contribution < -0.4 is 4.74 Å². The zero-order chi connectivity index (χ0) is 13.2. The molecule has 0 radical (unpaired) electrons. The Balaban J connectivity index is 3.66. The van der Waals surface area contributed by atoms with Gasteiger partial charge in [0.2, 0.25) is 0 Å². The second-order valence-corrected chi connectivity index (χ2v) is 3.02. The van der Waals surface area contributed by atoms with Gasteiger partial charge in [-0.15, -0.1) is 0 Å². The molecule has 17 heavy (non-hydrogen) atoms. The van der Waals surface area contributed by atoms with Crippen molar-refractivity contribution in [2.24, 2.45) is 0 Å². The molecule has 0 aromatic heterocycles. The molecule has 0 atom stereocenters. The van der Waals surface area contributed by atoms with E-state index in [9.17, 15) is 18.0 Å². The number of hydrogen-bond acceptors (Lipinski definition) is 3. The minimum absolute atomic E-state index is 0.320. The molecule has 4 nitrogen and oxygen atoms in total. The number of methoxy groups -OCH3 is 1. The second kappa shape index (κ2) is 4.33. The summed E-state index contributed by atoms with van der Waals surface area (Å²) in [5, 5.41) is 17.3. The number of benzene rings is 1. The number of halogens is 3. The lowest BCUT2D eigenvalue weighted by Crippen LogP contribution is -2.14. The average molecular weight is 245 g/mol. The van der Waals surface area contributed by atoms with E-state index in [0.717, 1.165) is 13.2 Å². The first-order valence-corrected chi connectivity index (χ1v) is 4.24. The van der Waals surface area contributed by atoms with Gasteiger partial charge in [-0.25, -0.2) is 4.79 Å². The third-order valence-corrected chi connectivity index (χ3v) is 1.97. The highest BCUT2D eigenvalue weighted by atomic mass is 19.4. The number of aromatic carboxylic acids is 1. The summed E-state index contributed by atoms with van der Waals surface area (Å²) in [5.74, 6) is -2.26. The van der Waals surface area contributed by atoms with Crippen LogP contribution in [0, 0.1) is 11.3 Å². The van der Waals surface area contributed by atoms with Crippen LogP contribution in [0.1, 0.15) is 21.5 Å². The predicted octanol–water partition coefficient (Wildman–Crippen LogP) is 2.28. The first-order valence-electron chi connectivity index (χ1n) is 4.24. The molecule has 1 aromatic rings. The monoisotopic (exact) mass is 245 g/mol. The molecule has 0 bridgehead atoms. The lowest BCUT2D eigenvalue weighted by molar-refractivity contribution is -0.138. The van der Waals surface area contributed by atoms with Gasteiger partial charge in [0, 0.05) is 0 Å². The van der Waals surface area contributed by atoms with Crippen molar-refractivity contribution in [1.82, 2.24) is 0 Å². The van der Waals surface area contributed by atoms with Gasteiger partial charge in [0.05, 0.1) is 24.3 Å². The highest BCUT2D eigenvalue weighted by molar-refractivity contribution is 5.93. The summed E-state index contributed by atoms with van der Waals surface area (Å²) in [6, 6.07) is 2.93. The van der Waals surface area contributed by atoms with Crippen LogP contribution in [-0.2, 0) is 6.18 Å². The smallest absolute Gasteiger partial charge is 0.417 e. The average Bonchev–Trinajstić information content (AvgIpc) is 2.25. The lowest BCUT2D eigenvalue weighted by Gasteiger charge is -2.13. The van der Waals surface area contributed by atoms with Gasteiger partial charge >= 0.3 is 12.1 Å². The quantitative estimate of drug-likeness (QED) is 0.867. The summed E-state index contributed by atoms with van der Waals surface area (Å²) >= 11 is 0. The van der Waals surface area contributed by atoms with Crippen molar-refractivity contribution in [2.75, 3.05) is 7.11 Å². The van der Waals surface area contributed by atoms with E-state index in [-0.39, 0.29) is 5.56 Å². The van der Waals surface area contributed by atoms with Gasteiger partial charge in [-0.1, -0.05) is 0 Å². The molecule has 7 heteroatoms. The largest absolute Gasteiger partial charge is 0.496 e. The molecule has 1 N–H and O–H groups in total. The highest BCUT2D eigenvalue weighted by Gasteiger charge is 2.37. The molecule has 0 aliphatic carbocycles. The van der Waals surface area contributed by atoms with E-state index in [2.05, 4.69) is 4.74 Å². The van der Waals surface area contributed by atoms with E-state index in [4.69, 9.17) is 10.4 Å². The molecule has 0 amide bonds. The number of carboxylic acids is 1. The molecule has 0 saturated carbocycles. The van der Waals surface area contributed by atoms with Crippen LogP contribution in [0.3, 0.4) is 0 Å². The molecular weight excluding hydrogens is 239 g/mol. The summed E-state index contributed by atoms with van der Waals surface area (Å²) in [5.41, 5.74) is -2.72. The molecule has 90 valence electrons. The third kappa shape index (κ3) is 2.47. The van der Waals surface area contributed by atoms with Crippen LogP contribution in [0.2, 0.25) is 0 Å². The van der Waals surface area contributed by atoms with Crippen molar-refractivity contribution in [1.29, 1.82) is 5.26 Å². The number of carbonyl (C=O) groups is 1. The van der Waals surface area contributed by atoms with Gasteiger partial charge in [-0.2, -0.15) is 18.4 Å². The summed E-state index contributed by atoms with van der Waals surface area (Å²) in [6.07, 6.45) is -4.87. The maximum absolute atomic E-state index is 12.6. The molecule has 1 aromatic carbocycles. The maximum atomic E-state index is 12.6. The van der Waals surface area contributed by atoms with E-state index in [1.807, 2.05) is 0 Å². The Morgan fingerprint density at radius 1 is 1.47 bits per heavy atom. The summed E-state index contributed by atoms with van der Waals surface area (Å²) in [7, 11) is 1.03. The number of rotatable bonds is 2. The second-order valence-electron chi connectivity index (χ2n) is 3.02. The van der Waals surface area contributed by atoms with E-state index >= 15 is 0 Å². The Morgan fingerprint density at radius 3 is 2.41 bits per heavy atom. The van der Waals surface area contributed by atoms with Gasteiger partial charge in [0.25, 0.3) is 0 Å². The van der Waals surface area contributed by atoms with Gasteiger partial charge < -0.3 is 9.84 Å². The maximum Gasteiger partial charge on any atom is 0.417 e. The van der Waals surface area contributed by atoms with Crippen molar-refractivity contribution < 1.29 is 27.8 Å². The number of nitrogens with zero attached hydrogens (tertiary/aromatic N) is 1. The fraction of sp³-hybridized carbons (Fsp3) is 0.200. The predicted molar refractivity (Wildman–Crippen MR) is 49.7 cm³/mol. The molecule has 0 aliphatic heterocycles. The zero-order valence-corrected chi connectivity index (χ0v) is 8.50. The van der Waals surface area contributed by atoms with Crippen molar-refractivity contribution in [3.63, 3.8) is 0 Å². The third-order valence-electron chi connectivity index (χ3n) is 1.97. The lowest BCUT2D eigenvalue weighted by atomic mass is 10.0. The first kappa shape index (κ1) is 12.8. The molecule has 0 fully saturated rings. The Bertz CT molecular complexity index is 503. The number of carboxylic acid groups (broad SMARTS) is 1. The van der Waals surface area contributed by atoms with Crippen LogP contribution >= 0.6 is 0 Å². The summed E-state index contributed by atoms with van der Waals surface area (Å²) in [6.45, 7) is 0. The zero-order valence-electron chi connectivity index (χ0n) is 8.50. The molecular formula is C10H6F3NO3. The normalized spacial score (nSPS) is 10.8. The van der Waals surface area contributed by atoms with Crippen LogP contribution in [-0.4, -0.2) is 18.2 Å². The Labute approximate surface area is 93.8 Å².